The molecule has 0 saturated heterocycles. The van der Waals surface area contributed by atoms with Gasteiger partial charge < -0.3 is 15.6 Å². The normalized spacial score (nSPS) is 10.8. The Labute approximate surface area is 146 Å². The quantitative estimate of drug-likeness (QED) is 0.655. The van der Waals surface area contributed by atoms with Crippen LogP contribution in [0.4, 0.5) is 9.52 Å². The predicted octanol–water partition coefficient (Wildman–Crippen LogP) is 1.60. The van der Waals surface area contributed by atoms with Crippen LogP contribution in [0, 0.1) is 5.82 Å². The number of aromatic nitrogens is 4. The topological polar surface area (TPSA) is 120 Å². The lowest BCUT2D eigenvalue weighted by Crippen LogP contribution is -2.25. The number of nitrogens with two attached hydrogens (primary N) is 1. The van der Waals surface area contributed by atoms with Crippen LogP contribution in [0.2, 0.25) is 0 Å². The van der Waals surface area contributed by atoms with Gasteiger partial charge in [0.25, 0.3) is 0 Å². The molecule has 0 aliphatic heterocycles. The summed E-state index contributed by atoms with van der Waals surface area (Å²) in [6.07, 6.45) is 1.04. The fraction of sp³-hybridized carbons (Fsp3) is 0.267. The Bertz CT molecular complexity index is 865. The molecule has 3 rings (SSSR count). The Morgan fingerprint density at radius 3 is 2.88 bits per heavy atom. The van der Waals surface area contributed by atoms with Crippen molar-refractivity contribution in [2.24, 2.45) is 0 Å². The summed E-state index contributed by atoms with van der Waals surface area (Å²) in [4.78, 5) is 15.9. The van der Waals surface area contributed by atoms with Crippen molar-refractivity contribution in [1.29, 1.82) is 0 Å². The molecule has 2 heterocycles. The molecule has 1 aromatic carbocycles. The summed E-state index contributed by atoms with van der Waals surface area (Å²) in [7, 11) is 0. The average Bonchev–Trinajstić information content (AvgIpc) is 3.22. The fourth-order valence-corrected chi connectivity index (χ4v) is 2.70. The van der Waals surface area contributed by atoms with E-state index in [2.05, 4.69) is 25.7 Å². The molecule has 25 heavy (non-hydrogen) atoms. The van der Waals surface area contributed by atoms with Crippen LogP contribution >= 0.6 is 11.3 Å². The molecule has 2 aromatic heterocycles. The molecule has 8 nitrogen and oxygen atoms in total. The molecule has 0 bridgehead atoms. The van der Waals surface area contributed by atoms with Gasteiger partial charge in [0.2, 0.25) is 22.8 Å². The van der Waals surface area contributed by atoms with Crippen LogP contribution < -0.4 is 11.1 Å². The standard InChI is InChI=1S/C15H15FN6O2S/c16-10-4-2-1-3-9(10)14-19-12(24-22-14)6-5-11(23)18-8-7-13-20-21-15(17)25-13/h1-4H,5-8H2,(H2,17,21)(H,18,23). The zero-order chi connectivity index (χ0) is 17.6. The van der Waals surface area contributed by atoms with Crippen LogP contribution in [-0.2, 0) is 17.6 Å². The lowest BCUT2D eigenvalue weighted by atomic mass is 10.2. The minimum absolute atomic E-state index is 0.150. The molecular formula is C15H15FN6O2S. The van der Waals surface area contributed by atoms with Crippen molar-refractivity contribution in [2.75, 3.05) is 12.3 Å². The lowest BCUT2D eigenvalue weighted by molar-refractivity contribution is -0.121. The minimum Gasteiger partial charge on any atom is -0.374 e. The zero-order valence-electron chi connectivity index (χ0n) is 13.1. The number of rotatable bonds is 7. The highest BCUT2D eigenvalue weighted by Crippen LogP contribution is 2.19. The van der Waals surface area contributed by atoms with Gasteiger partial charge in [0.05, 0.1) is 5.56 Å². The lowest BCUT2D eigenvalue weighted by Gasteiger charge is -2.01. The Morgan fingerprint density at radius 2 is 2.12 bits per heavy atom. The Balaban J connectivity index is 1.45. The second kappa shape index (κ2) is 7.79. The van der Waals surface area contributed by atoms with Gasteiger partial charge in [0.1, 0.15) is 10.8 Å². The molecule has 0 saturated carbocycles. The number of carbonyl (C=O) groups is 1. The summed E-state index contributed by atoms with van der Waals surface area (Å²) in [6.45, 7) is 0.442. The van der Waals surface area contributed by atoms with Gasteiger partial charge in [-0.3, -0.25) is 4.79 Å². The number of nitrogens with zero attached hydrogens (tertiary/aromatic N) is 4. The number of nitrogens with one attached hydrogen (secondary N) is 1. The van der Waals surface area contributed by atoms with Crippen LogP contribution in [0.5, 0.6) is 0 Å². The van der Waals surface area contributed by atoms with Gasteiger partial charge in [-0.05, 0) is 12.1 Å². The van der Waals surface area contributed by atoms with Crippen molar-refractivity contribution >= 4 is 22.4 Å². The molecule has 0 atom stereocenters. The van der Waals surface area contributed by atoms with Crippen molar-refractivity contribution in [2.45, 2.75) is 19.3 Å². The monoisotopic (exact) mass is 362 g/mol. The maximum atomic E-state index is 13.7. The van der Waals surface area contributed by atoms with Gasteiger partial charge in [-0.25, -0.2) is 4.39 Å². The second-order valence-electron chi connectivity index (χ2n) is 5.13. The number of aryl methyl sites for hydroxylation is 1. The van der Waals surface area contributed by atoms with Crippen molar-refractivity contribution in [3.63, 3.8) is 0 Å². The van der Waals surface area contributed by atoms with E-state index in [4.69, 9.17) is 10.3 Å². The predicted molar refractivity (Wildman–Crippen MR) is 89.0 cm³/mol. The number of nitrogen functional groups attached to an aromatic ring is 1. The molecule has 0 radical (unpaired) electrons. The van der Waals surface area contributed by atoms with Gasteiger partial charge in [0.15, 0.2) is 0 Å². The van der Waals surface area contributed by atoms with Crippen LogP contribution in [-0.4, -0.2) is 32.8 Å². The number of halogens is 1. The van der Waals surface area contributed by atoms with Gasteiger partial charge >= 0.3 is 0 Å². The fourth-order valence-electron chi connectivity index (χ4n) is 2.09. The number of benzene rings is 1. The van der Waals surface area contributed by atoms with E-state index in [1.165, 1.54) is 17.4 Å². The first kappa shape index (κ1) is 17.0. The maximum absolute atomic E-state index is 13.7. The molecule has 0 spiro atoms. The number of carbonyl (C=O) groups excluding carboxylic acids is 1. The van der Waals surface area contributed by atoms with E-state index < -0.39 is 5.82 Å². The number of amides is 1. The number of anilines is 1. The first-order chi connectivity index (χ1) is 12.1. The summed E-state index contributed by atoms with van der Waals surface area (Å²) in [5.41, 5.74) is 5.75. The highest BCUT2D eigenvalue weighted by atomic mass is 32.1. The molecule has 0 unspecified atom stereocenters. The third-order valence-electron chi connectivity index (χ3n) is 3.29. The summed E-state index contributed by atoms with van der Waals surface area (Å²) in [6, 6.07) is 6.16. The van der Waals surface area contributed by atoms with Gasteiger partial charge in [-0.1, -0.05) is 28.6 Å². The number of hydrogen-bond donors (Lipinski definition) is 2. The van der Waals surface area contributed by atoms with E-state index in [0.29, 0.717) is 18.1 Å². The van der Waals surface area contributed by atoms with E-state index in [1.807, 2.05) is 0 Å². The summed E-state index contributed by atoms with van der Waals surface area (Å²) >= 11 is 1.29. The van der Waals surface area contributed by atoms with E-state index in [1.54, 1.807) is 18.2 Å². The minimum atomic E-state index is -0.426. The van der Waals surface area contributed by atoms with Gasteiger partial charge in [0, 0.05) is 25.8 Å². The van der Waals surface area contributed by atoms with Crippen LogP contribution in [0.15, 0.2) is 28.8 Å². The van der Waals surface area contributed by atoms with Crippen LogP contribution in [0.1, 0.15) is 17.3 Å². The SMILES string of the molecule is Nc1nnc(CCNC(=O)CCc2nc(-c3ccccc3F)no2)s1. The molecule has 130 valence electrons. The number of hydrogen-bond acceptors (Lipinski definition) is 8. The third-order valence-corrected chi connectivity index (χ3v) is 4.10. The van der Waals surface area contributed by atoms with Crippen LogP contribution in [0.3, 0.4) is 0 Å². The van der Waals surface area contributed by atoms with E-state index >= 15 is 0 Å². The average molecular weight is 362 g/mol. The summed E-state index contributed by atoms with van der Waals surface area (Å²) in [5, 5.41) is 15.3. The first-order valence-corrected chi connectivity index (χ1v) is 8.35. The molecular weight excluding hydrogens is 347 g/mol. The Hall–Kier alpha value is -2.88. The summed E-state index contributed by atoms with van der Waals surface area (Å²) < 4.78 is 18.7. The molecule has 3 N–H and O–H groups in total. The van der Waals surface area contributed by atoms with Crippen molar-refractivity contribution in [3.05, 3.63) is 41.0 Å². The van der Waals surface area contributed by atoms with E-state index in [-0.39, 0.29) is 36.0 Å². The largest absolute Gasteiger partial charge is 0.374 e. The molecule has 3 aromatic rings. The maximum Gasteiger partial charge on any atom is 0.227 e. The van der Waals surface area contributed by atoms with Crippen LogP contribution in [0.25, 0.3) is 11.4 Å². The smallest absolute Gasteiger partial charge is 0.227 e. The Morgan fingerprint density at radius 1 is 1.28 bits per heavy atom. The highest BCUT2D eigenvalue weighted by molar-refractivity contribution is 7.15. The van der Waals surface area contributed by atoms with Crippen molar-refractivity contribution in [1.82, 2.24) is 25.7 Å². The molecule has 0 aliphatic carbocycles. The first-order valence-electron chi connectivity index (χ1n) is 7.54. The van der Waals surface area contributed by atoms with Gasteiger partial charge in [-0.15, -0.1) is 10.2 Å². The second-order valence-corrected chi connectivity index (χ2v) is 6.22. The molecule has 10 heteroatoms. The molecule has 0 fully saturated rings. The Kier molecular flexibility index (Phi) is 5.29. The van der Waals surface area contributed by atoms with Gasteiger partial charge in [-0.2, -0.15) is 4.98 Å². The van der Waals surface area contributed by atoms with E-state index in [0.717, 1.165) is 5.01 Å². The molecule has 1 amide bonds. The van der Waals surface area contributed by atoms with Crippen molar-refractivity contribution in [3.8, 4) is 11.4 Å². The molecule has 0 aliphatic rings. The summed E-state index contributed by atoms with van der Waals surface area (Å²) in [5.74, 6) is -0.124. The van der Waals surface area contributed by atoms with E-state index in [9.17, 15) is 9.18 Å². The zero-order valence-corrected chi connectivity index (χ0v) is 13.9. The third kappa shape index (κ3) is 4.57. The van der Waals surface area contributed by atoms with Crippen molar-refractivity contribution < 1.29 is 13.7 Å². The highest BCUT2D eigenvalue weighted by Gasteiger charge is 2.13.